The average Bonchev–Trinajstić information content (AvgIpc) is 2.61. The predicted molar refractivity (Wildman–Crippen MR) is 79.3 cm³/mol. The van der Waals surface area contributed by atoms with E-state index in [1.807, 2.05) is 18.2 Å². The lowest BCUT2D eigenvalue weighted by atomic mass is 9.74. The Kier molecular flexibility index (Phi) is 4.78. The second-order valence-electron chi connectivity index (χ2n) is 5.80. The number of benzene rings is 1. The number of carbonyl (C=O) groups excluding carboxylic acids is 1. The van der Waals surface area contributed by atoms with Gasteiger partial charge in [-0.2, -0.15) is 0 Å². The summed E-state index contributed by atoms with van der Waals surface area (Å²) < 4.78 is 0. The summed E-state index contributed by atoms with van der Waals surface area (Å²) in [5.41, 5.74) is 7.21. The second-order valence-corrected chi connectivity index (χ2v) is 5.80. The van der Waals surface area contributed by atoms with Crippen molar-refractivity contribution >= 4 is 5.91 Å². The lowest BCUT2D eigenvalue weighted by Gasteiger charge is -2.32. The fourth-order valence-corrected chi connectivity index (χ4v) is 3.21. The Morgan fingerprint density at radius 1 is 1.35 bits per heavy atom. The van der Waals surface area contributed by atoms with Crippen LogP contribution >= 0.6 is 0 Å². The van der Waals surface area contributed by atoms with E-state index < -0.39 is 6.10 Å². The largest absolute Gasteiger partial charge is 0.391 e. The summed E-state index contributed by atoms with van der Waals surface area (Å²) in [5.74, 6) is -0.0889. The molecule has 0 aromatic heterocycles. The van der Waals surface area contributed by atoms with Crippen LogP contribution in [0, 0.1) is 0 Å². The molecule has 110 valence electrons. The summed E-state index contributed by atoms with van der Waals surface area (Å²) in [6.45, 7) is 2.06. The molecule has 4 heteroatoms. The first-order valence-electron chi connectivity index (χ1n) is 7.28. The van der Waals surface area contributed by atoms with Crippen LogP contribution in [0.5, 0.6) is 0 Å². The van der Waals surface area contributed by atoms with Gasteiger partial charge in [0.15, 0.2) is 0 Å². The Morgan fingerprint density at radius 2 is 2.00 bits per heavy atom. The van der Waals surface area contributed by atoms with Gasteiger partial charge < -0.3 is 16.2 Å². The third-order valence-corrected chi connectivity index (χ3v) is 4.48. The molecule has 1 aromatic carbocycles. The van der Waals surface area contributed by atoms with Crippen molar-refractivity contribution in [1.29, 1.82) is 0 Å². The number of nitrogens with one attached hydrogen (secondary N) is 1. The Balaban J connectivity index is 2.19. The molecule has 4 N–H and O–H groups in total. The minimum Gasteiger partial charge on any atom is -0.391 e. The van der Waals surface area contributed by atoms with Crippen molar-refractivity contribution in [3.8, 4) is 0 Å². The summed E-state index contributed by atoms with van der Waals surface area (Å²) >= 11 is 0. The van der Waals surface area contributed by atoms with Crippen molar-refractivity contribution in [3.05, 3.63) is 35.9 Å². The number of rotatable bonds is 3. The van der Waals surface area contributed by atoms with Crippen molar-refractivity contribution in [2.75, 3.05) is 6.54 Å². The van der Waals surface area contributed by atoms with E-state index >= 15 is 0 Å². The Labute approximate surface area is 120 Å². The number of hydrogen-bond acceptors (Lipinski definition) is 3. The predicted octanol–water partition coefficient (Wildman–Crippen LogP) is 1.32. The molecule has 1 aromatic rings. The Bertz CT molecular complexity index is 449. The maximum atomic E-state index is 11.2. The monoisotopic (exact) mass is 276 g/mol. The number of amides is 1. The first-order valence-corrected chi connectivity index (χ1v) is 7.28. The van der Waals surface area contributed by atoms with Crippen LogP contribution in [0.4, 0.5) is 0 Å². The highest BCUT2D eigenvalue weighted by atomic mass is 16.3. The van der Waals surface area contributed by atoms with E-state index in [0.29, 0.717) is 13.0 Å². The highest BCUT2D eigenvalue weighted by Gasteiger charge is 2.36. The lowest BCUT2D eigenvalue weighted by Crippen LogP contribution is -2.41. The van der Waals surface area contributed by atoms with Crippen molar-refractivity contribution in [1.82, 2.24) is 5.32 Å². The van der Waals surface area contributed by atoms with Gasteiger partial charge in [-0.05, 0) is 31.2 Å². The summed E-state index contributed by atoms with van der Waals surface area (Å²) in [6.07, 6.45) is 2.67. The molecule has 1 aliphatic carbocycles. The molecular weight excluding hydrogens is 252 g/mol. The van der Waals surface area contributed by atoms with Crippen LogP contribution in [0.25, 0.3) is 0 Å². The fraction of sp³-hybridized carbons (Fsp3) is 0.562. The molecule has 0 aliphatic heterocycles. The zero-order chi connectivity index (χ0) is 14.6. The zero-order valence-corrected chi connectivity index (χ0v) is 12.0. The quantitative estimate of drug-likeness (QED) is 0.729. The summed E-state index contributed by atoms with van der Waals surface area (Å²) in [6, 6.07) is 10.1. The molecule has 20 heavy (non-hydrogen) atoms. The van der Waals surface area contributed by atoms with Crippen LogP contribution in [0.15, 0.2) is 30.3 Å². The number of hydrogen-bond donors (Lipinski definition) is 3. The van der Waals surface area contributed by atoms with Gasteiger partial charge in [0.2, 0.25) is 5.91 Å². The van der Waals surface area contributed by atoms with Gasteiger partial charge in [0.1, 0.15) is 0 Å². The minimum atomic E-state index is -0.490. The normalized spacial score (nSPS) is 30.6. The van der Waals surface area contributed by atoms with Gasteiger partial charge in [0.05, 0.1) is 12.1 Å². The lowest BCUT2D eigenvalue weighted by molar-refractivity contribution is -0.120. The van der Waals surface area contributed by atoms with Gasteiger partial charge in [-0.3, -0.25) is 4.79 Å². The number of aliphatic hydroxyl groups is 1. The minimum absolute atomic E-state index is 0.0878. The van der Waals surface area contributed by atoms with Crippen LogP contribution in [-0.4, -0.2) is 29.7 Å². The van der Waals surface area contributed by atoms with Gasteiger partial charge in [0.25, 0.3) is 0 Å². The first kappa shape index (κ1) is 15.0. The number of nitrogens with two attached hydrogens (primary N) is 1. The third-order valence-electron chi connectivity index (χ3n) is 4.48. The van der Waals surface area contributed by atoms with Gasteiger partial charge in [-0.25, -0.2) is 0 Å². The molecule has 1 saturated carbocycles. The molecule has 0 unspecified atom stereocenters. The third kappa shape index (κ3) is 3.19. The van der Waals surface area contributed by atoms with E-state index in [0.717, 1.165) is 19.3 Å². The van der Waals surface area contributed by atoms with Gasteiger partial charge in [-0.15, -0.1) is 0 Å². The molecular formula is C16H24N2O2. The van der Waals surface area contributed by atoms with Crippen LogP contribution < -0.4 is 11.1 Å². The SMILES string of the molecule is CC(=O)N[C@H]1CC[C@](CN)(c2ccccc2)CC[C@@H]1O. The molecule has 0 heterocycles. The Morgan fingerprint density at radius 3 is 2.60 bits per heavy atom. The fourth-order valence-electron chi connectivity index (χ4n) is 3.21. The van der Waals surface area contributed by atoms with Crippen LogP contribution in [0.1, 0.15) is 38.2 Å². The van der Waals surface area contributed by atoms with Crippen LogP contribution in [0.3, 0.4) is 0 Å². The highest BCUT2D eigenvalue weighted by Crippen LogP contribution is 2.37. The molecule has 1 fully saturated rings. The molecule has 0 saturated heterocycles. The zero-order valence-electron chi connectivity index (χ0n) is 12.0. The van der Waals surface area contributed by atoms with Gasteiger partial charge >= 0.3 is 0 Å². The molecule has 0 spiro atoms. The molecule has 1 amide bonds. The maximum absolute atomic E-state index is 11.2. The summed E-state index contributed by atoms with van der Waals surface area (Å²) in [7, 11) is 0. The van der Waals surface area contributed by atoms with E-state index in [1.54, 1.807) is 0 Å². The van der Waals surface area contributed by atoms with E-state index in [-0.39, 0.29) is 17.4 Å². The van der Waals surface area contributed by atoms with Crippen molar-refractivity contribution < 1.29 is 9.90 Å². The molecule has 4 nitrogen and oxygen atoms in total. The molecule has 0 radical (unpaired) electrons. The van der Waals surface area contributed by atoms with Crippen molar-refractivity contribution in [3.63, 3.8) is 0 Å². The molecule has 0 bridgehead atoms. The molecule has 1 aliphatic rings. The maximum Gasteiger partial charge on any atom is 0.217 e. The van der Waals surface area contributed by atoms with E-state index in [4.69, 9.17) is 5.73 Å². The summed E-state index contributed by atoms with van der Waals surface area (Å²) in [5, 5.41) is 13.1. The average molecular weight is 276 g/mol. The molecule has 3 atom stereocenters. The van der Waals surface area contributed by atoms with Crippen LogP contribution in [-0.2, 0) is 10.2 Å². The van der Waals surface area contributed by atoms with E-state index in [2.05, 4.69) is 17.4 Å². The van der Waals surface area contributed by atoms with Crippen molar-refractivity contribution in [2.45, 2.75) is 50.2 Å². The van der Waals surface area contributed by atoms with E-state index in [1.165, 1.54) is 12.5 Å². The topological polar surface area (TPSA) is 75.4 Å². The number of aliphatic hydroxyl groups excluding tert-OH is 1. The smallest absolute Gasteiger partial charge is 0.217 e. The van der Waals surface area contributed by atoms with E-state index in [9.17, 15) is 9.90 Å². The first-order chi connectivity index (χ1) is 9.57. The standard InChI is InChI=1S/C16H24N2O2/c1-12(19)18-14-7-9-16(11-17,10-8-15(14)20)13-5-3-2-4-6-13/h2-6,14-15,20H,7-11,17H2,1H3,(H,18,19)/t14-,15-,16-/m0/s1. The van der Waals surface area contributed by atoms with Crippen molar-refractivity contribution in [2.24, 2.45) is 5.73 Å². The van der Waals surface area contributed by atoms with Gasteiger partial charge in [0, 0.05) is 18.9 Å². The Hall–Kier alpha value is -1.39. The van der Waals surface area contributed by atoms with Crippen LogP contribution in [0.2, 0.25) is 0 Å². The van der Waals surface area contributed by atoms with Gasteiger partial charge in [-0.1, -0.05) is 30.3 Å². The molecule has 2 rings (SSSR count). The summed E-state index contributed by atoms with van der Waals surface area (Å²) in [4.78, 5) is 11.2. The second kappa shape index (κ2) is 6.37. The highest BCUT2D eigenvalue weighted by molar-refractivity contribution is 5.73. The number of carbonyl (C=O) groups is 1.